The highest BCUT2D eigenvalue weighted by atomic mass is 35.5. The topological polar surface area (TPSA) is 34.0 Å². The van der Waals surface area contributed by atoms with Crippen molar-refractivity contribution < 1.29 is 18.8 Å². The van der Waals surface area contributed by atoms with Crippen LogP contribution in [-0.2, 0) is 11.3 Å². The number of nitrogens with one attached hydrogen (secondary N) is 1. The number of benzene rings is 2. The lowest BCUT2D eigenvalue weighted by atomic mass is 10.2. The third-order valence-electron chi connectivity index (χ3n) is 4.34. The van der Waals surface area contributed by atoms with E-state index in [-0.39, 0.29) is 18.3 Å². The molecule has 0 spiro atoms. The SMILES string of the molecule is O=C(COc1ccc(Cl)cc1)N1CC[NH+](Cc2cccc(F)c2)CC1. The Bertz CT molecular complexity index is 716. The summed E-state index contributed by atoms with van der Waals surface area (Å²) in [6.07, 6.45) is 0. The summed E-state index contributed by atoms with van der Waals surface area (Å²) in [7, 11) is 0. The highest BCUT2D eigenvalue weighted by Gasteiger charge is 2.24. The molecule has 0 unspecified atom stereocenters. The van der Waals surface area contributed by atoms with Gasteiger partial charge in [-0.15, -0.1) is 0 Å². The molecular weight excluding hydrogens is 343 g/mol. The highest BCUT2D eigenvalue weighted by molar-refractivity contribution is 6.30. The quantitative estimate of drug-likeness (QED) is 0.878. The van der Waals surface area contributed by atoms with Gasteiger partial charge in [-0.1, -0.05) is 23.7 Å². The van der Waals surface area contributed by atoms with E-state index < -0.39 is 0 Å². The summed E-state index contributed by atoms with van der Waals surface area (Å²) < 4.78 is 18.8. The number of quaternary nitrogens is 1. The van der Waals surface area contributed by atoms with E-state index in [0.29, 0.717) is 23.9 Å². The fourth-order valence-corrected chi connectivity index (χ4v) is 3.08. The molecule has 1 saturated heterocycles. The van der Waals surface area contributed by atoms with Crippen molar-refractivity contribution in [3.63, 3.8) is 0 Å². The number of carbonyl (C=O) groups excluding carboxylic acids is 1. The van der Waals surface area contributed by atoms with Gasteiger partial charge in [0.25, 0.3) is 5.91 Å². The van der Waals surface area contributed by atoms with E-state index >= 15 is 0 Å². The highest BCUT2D eigenvalue weighted by Crippen LogP contribution is 2.15. The molecule has 0 aromatic heterocycles. The van der Waals surface area contributed by atoms with Crippen LogP contribution in [0.2, 0.25) is 5.02 Å². The second kappa shape index (κ2) is 8.32. The van der Waals surface area contributed by atoms with Gasteiger partial charge in [0.15, 0.2) is 6.61 Å². The van der Waals surface area contributed by atoms with Crippen LogP contribution in [-0.4, -0.2) is 43.6 Å². The molecule has 3 rings (SSSR count). The zero-order valence-electron chi connectivity index (χ0n) is 13.9. The first kappa shape index (κ1) is 17.7. The third-order valence-corrected chi connectivity index (χ3v) is 4.59. The molecular formula is C19H21ClFN2O2+. The predicted molar refractivity (Wildman–Crippen MR) is 94.3 cm³/mol. The molecule has 1 heterocycles. The van der Waals surface area contributed by atoms with Gasteiger partial charge in [-0.25, -0.2) is 4.39 Å². The maximum atomic E-state index is 13.3. The standard InChI is InChI=1S/C19H20ClFN2O2/c20-16-4-6-18(7-5-16)25-14-19(24)23-10-8-22(9-11-23)13-15-2-1-3-17(21)12-15/h1-7,12H,8-11,13-14H2/p+1. The van der Waals surface area contributed by atoms with Gasteiger partial charge in [0.1, 0.15) is 18.1 Å². The number of rotatable bonds is 5. The summed E-state index contributed by atoms with van der Waals surface area (Å²) in [6.45, 7) is 3.88. The zero-order valence-corrected chi connectivity index (χ0v) is 14.6. The van der Waals surface area contributed by atoms with Gasteiger partial charge >= 0.3 is 0 Å². The molecule has 1 aliphatic rings. The predicted octanol–water partition coefficient (Wildman–Crippen LogP) is 1.79. The van der Waals surface area contributed by atoms with Crippen LogP contribution < -0.4 is 9.64 Å². The molecule has 0 bridgehead atoms. The van der Waals surface area contributed by atoms with Crippen molar-refractivity contribution in [2.45, 2.75) is 6.54 Å². The van der Waals surface area contributed by atoms with Crippen LogP contribution in [0.25, 0.3) is 0 Å². The van der Waals surface area contributed by atoms with Crippen molar-refractivity contribution in [1.29, 1.82) is 0 Å². The minimum atomic E-state index is -0.204. The van der Waals surface area contributed by atoms with Crippen molar-refractivity contribution in [1.82, 2.24) is 4.90 Å². The number of amides is 1. The van der Waals surface area contributed by atoms with E-state index in [4.69, 9.17) is 16.3 Å². The summed E-state index contributed by atoms with van der Waals surface area (Å²) in [5.74, 6) is 0.415. The zero-order chi connectivity index (χ0) is 17.6. The number of nitrogens with zero attached hydrogens (tertiary/aromatic N) is 1. The number of hydrogen-bond acceptors (Lipinski definition) is 2. The fourth-order valence-electron chi connectivity index (χ4n) is 2.95. The van der Waals surface area contributed by atoms with Crippen molar-refractivity contribution in [2.24, 2.45) is 0 Å². The van der Waals surface area contributed by atoms with Crippen molar-refractivity contribution in [3.8, 4) is 5.75 Å². The summed E-state index contributed by atoms with van der Waals surface area (Å²) in [5.41, 5.74) is 0.987. The monoisotopic (exact) mass is 363 g/mol. The Morgan fingerprint density at radius 3 is 2.56 bits per heavy atom. The van der Waals surface area contributed by atoms with Crippen LogP contribution >= 0.6 is 11.6 Å². The smallest absolute Gasteiger partial charge is 0.260 e. The normalized spacial score (nSPS) is 15.2. The summed E-state index contributed by atoms with van der Waals surface area (Å²) >= 11 is 5.82. The number of piperazine rings is 1. The van der Waals surface area contributed by atoms with Gasteiger partial charge in [-0.2, -0.15) is 0 Å². The number of carbonyl (C=O) groups is 1. The van der Waals surface area contributed by atoms with Gasteiger partial charge in [0.2, 0.25) is 0 Å². The fraction of sp³-hybridized carbons (Fsp3) is 0.316. The minimum Gasteiger partial charge on any atom is -0.484 e. The Labute approximate surface area is 151 Å². The molecule has 0 atom stereocenters. The van der Waals surface area contributed by atoms with E-state index in [9.17, 15) is 9.18 Å². The summed E-state index contributed by atoms with van der Waals surface area (Å²) in [6, 6.07) is 13.7. The van der Waals surface area contributed by atoms with Crippen LogP contribution in [0.15, 0.2) is 48.5 Å². The third kappa shape index (κ3) is 5.18. The second-order valence-corrected chi connectivity index (χ2v) is 6.62. The molecule has 25 heavy (non-hydrogen) atoms. The Morgan fingerprint density at radius 2 is 1.88 bits per heavy atom. The first-order chi connectivity index (χ1) is 12.1. The maximum absolute atomic E-state index is 13.3. The van der Waals surface area contributed by atoms with Crippen molar-refractivity contribution in [3.05, 3.63) is 64.9 Å². The summed E-state index contributed by atoms with van der Waals surface area (Å²) in [5, 5.41) is 0.635. The number of halogens is 2. The Balaban J connectivity index is 1.43. The average molecular weight is 364 g/mol. The van der Waals surface area contributed by atoms with Crippen LogP contribution in [0.1, 0.15) is 5.56 Å². The van der Waals surface area contributed by atoms with Gasteiger partial charge in [-0.05, 0) is 36.4 Å². The van der Waals surface area contributed by atoms with Gasteiger partial charge < -0.3 is 14.5 Å². The van der Waals surface area contributed by atoms with E-state index in [0.717, 1.165) is 25.2 Å². The Morgan fingerprint density at radius 1 is 1.16 bits per heavy atom. The molecule has 0 aliphatic carbocycles. The van der Waals surface area contributed by atoms with Crippen LogP contribution in [0.3, 0.4) is 0 Å². The molecule has 6 heteroatoms. The molecule has 0 saturated carbocycles. The second-order valence-electron chi connectivity index (χ2n) is 6.18. The van der Waals surface area contributed by atoms with Crippen LogP contribution in [0.5, 0.6) is 5.75 Å². The molecule has 2 aromatic rings. The van der Waals surface area contributed by atoms with Crippen molar-refractivity contribution in [2.75, 3.05) is 32.8 Å². The molecule has 132 valence electrons. The summed E-state index contributed by atoms with van der Waals surface area (Å²) in [4.78, 5) is 15.4. The molecule has 1 fully saturated rings. The molecule has 1 amide bonds. The maximum Gasteiger partial charge on any atom is 0.260 e. The first-order valence-corrected chi connectivity index (χ1v) is 8.72. The molecule has 1 N–H and O–H groups in total. The molecule has 0 radical (unpaired) electrons. The van der Waals surface area contributed by atoms with E-state index in [2.05, 4.69) is 0 Å². The minimum absolute atomic E-state index is 0.0141. The first-order valence-electron chi connectivity index (χ1n) is 8.34. The molecule has 2 aromatic carbocycles. The Kier molecular flexibility index (Phi) is 5.89. The Hall–Kier alpha value is -2.11. The van der Waals surface area contributed by atoms with Crippen LogP contribution in [0.4, 0.5) is 4.39 Å². The van der Waals surface area contributed by atoms with E-state index in [1.165, 1.54) is 11.0 Å². The largest absolute Gasteiger partial charge is 0.484 e. The average Bonchev–Trinajstić information content (AvgIpc) is 2.62. The molecule has 4 nitrogen and oxygen atoms in total. The molecule has 1 aliphatic heterocycles. The van der Waals surface area contributed by atoms with Gasteiger partial charge in [0, 0.05) is 10.6 Å². The number of ether oxygens (including phenoxy) is 1. The van der Waals surface area contributed by atoms with E-state index in [1.807, 2.05) is 11.0 Å². The lowest BCUT2D eigenvalue weighted by Crippen LogP contribution is -3.13. The van der Waals surface area contributed by atoms with Gasteiger partial charge in [0.05, 0.1) is 26.2 Å². The van der Waals surface area contributed by atoms with E-state index in [1.54, 1.807) is 36.4 Å². The lowest BCUT2D eigenvalue weighted by molar-refractivity contribution is -0.917. The van der Waals surface area contributed by atoms with Crippen molar-refractivity contribution >= 4 is 17.5 Å². The van der Waals surface area contributed by atoms with Gasteiger partial charge in [-0.3, -0.25) is 4.79 Å². The van der Waals surface area contributed by atoms with Crippen LogP contribution in [0, 0.1) is 5.82 Å². The lowest BCUT2D eigenvalue weighted by Gasteiger charge is -2.32. The number of hydrogen-bond donors (Lipinski definition) is 1.